The second-order valence-corrected chi connectivity index (χ2v) is 8.82. The fourth-order valence-electron chi connectivity index (χ4n) is 3.57. The Morgan fingerprint density at radius 1 is 1.14 bits per heavy atom. The topological polar surface area (TPSA) is 37.4 Å². The Balaban J connectivity index is 1.83. The number of rotatable bonds is 2. The van der Waals surface area contributed by atoms with Gasteiger partial charge in [-0.25, -0.2) is 12.8 Å². The summed E-state index contributed by atoms with van der Waals surface area (Å²) in [5, 5.41) is 0. The van der Waals surface area contributed by atoms with Crippen LogP contribution in [0.4, 0.5) is 4.39 Å². The quantitative estimate of drug-likeness (QED) is 0.788. The van der Waals surface area contributed by atoms with Crippen molar-refractivity contribution < 1.29 is 12.8 Å². The molecule has 0 bridgehead atoms. The molecular formula is C15H19BrFNO2S. The molecule has 21 heavy (non-hydrogen) atoms. The lowest BCUT2D eigenvalue weighted by molar-refractivity contribution is 0.136. The van der Waals surface area contributed by atoms with Crippen LogP contribution in [-0.2, 0) is 10.0 Å². The first-order chi connectivity index (χ1) is 9.98. The molecule has 1 heterocycles. The summed E-state index contributed by atoms with van der Waals surface area (Å²) in [6.07, 6.45) is 5.74. The Hall–Kier alpha value is -0.460. The number of fused-ring (bicyclic) bond motifs is 1. The Labute approximate surface area is 133 Å². The second kappa shape index (κ2) is 5.97. The van der Waals surface area contributed by atoms with E-state index in [0.29, 0.717) is 24.9 Å². The van der Waals surface area contributed by atoms with Crippen molar-refractivity contribution >= 4 is 26.0 Å². The van der Waals surface area contributed by atoms with Crippen molar-refractivity contribution in [2.24, 2.45) is 11.8 Å². The van der Waals surface area contributed by atoms with Crippen LogP contribution in [0.2, 0.25) is 0 Å². The third kappa shape index (κ3) is 3.03. The smallest absolute Gasteiger partial charge is 0.207 e. The number of hydrogen-bond acceptors (Lipinski definition) is 2. The van der Waals surface area contributed by atoms with E-state index >= 15 is 0 Å². The van der Waals surface area contributed by atoms with Crippen LogP contribution in [0.25, 0.3) is 0 Å². The van der Waals surface area contributed by atoms with Crippen LogP contribution < -0.4 is 0 Å². The van der Waals surface area contributed by atoms with Gasteiger partial charge in [0.15, 0.2) is 0 Å². The Morgan fingerprint density at radius 2 is 1.86 bits per heavy atom. The lowest BCUT2D eigenvalue weighted by atomic mass is 9.76. The monoisotopic (exact) mass is 375 g/mol. The highest BCUT2D eigenvalue weighted by Gasteiger charge is 2.36. The fraction of sp³-hybridized carbons (Fsp3) is 0.600. The zero-order valence-corrected chi connectivity index (χ0v) is 14.2. The average Bonchev–Trinajstić information content (AvgIpc) is 2.49. The van der Waals surface area contributed by atoms with E-state index in [1.807, 2.05) is 0 Å². The molecule has 3 nitrogen and oxygen atoms in total. The normalized spacial score (nSPS) is 27.3. The van der Waals surface area contributed by atoms with Gasteiger partial charge in [0, 0.05) is 13.1 Å². The maximum atomic E-state index is 13.6. The molecule has 2 aliphatic rings. The molecule has 0 aromatic heterocycles. The van der Waals surface area contributed by atoms with Crippen LogP contribution in [-0.4, -0.2) is 25.8 Å². The molecule has 1 saturated carbocycles. The Kier molecular flexibility index (Phi) is 4.39. The molecule has 1 aromatic carbocycles. The lowest BCUT2D eigenvalue weighted by Gasteiger charge is -2.40. The first-order valence-electron chi connectivity index (χ1n) is 7.43. The first-order valence-corrected chi connectivity index (χ1v) is 9.67. The molecule has 116 valence electrons. The largest absolute Gasteiger partial charge is 0.243 e. The van der Waals surface area contributed by atoms with E-state index in [2.05, 4.69) is 15.9 Å². The summed E-state index contributed by atoms with van der Waals surface area (Å²) in [4.78, 5) is 0.0532. The summed E-state index contributed by atoms with van der Waals surface area (Å²) >= 11 is 3.05. The van der Waals surface area contributed by atoms with Gasteiger partial charge >= 0.3 is 0 Å². The van der Waals surface area contributed by atoms with Crippen LogP contribution in [0.5, 0.6) is 0 Å². The number of benzene rings is 1. The molecule has 0 N–H and O–H groups in total. The minimum Gasteiger partial charge on any atom is -0.207 e. The number of hydrogen-bond donors (Lipinski definition) is 0. The van der Waals surface area contributed by atoms with Crippen molar-refractivity contribution in [3.63, 3.8) is 0 Å². The van der Waals surface area contributed by atoms with Crippen molar-refractivity contribution in [3.8, 4) is 0 Å². The zero-order chi connectivity index (χ0) is 15.0. The third-order valence-electron chi connectivity index (χ3n) is 4.78. The van der Waals surface area contributed by atoms with Gasteiger partial charge in [0.1, 0.15) is 5.82 Å². The molecule has 2 unspecified atom stereocenters. The van der Waals surface area contributed by atoms with Crippen molar-refractivity contribution in [1.29, 1.82) is 0 Å². The van der Waals surface area contributed by atoms with Gasteiger partial charge in [-0.05, 0) is 58.8 Å². The molecule has 6 heteroatoms. The molecule has 0 amide bonds. The molecule has 1 aliphatic carbocycles. The first kappa shape index (κ1) is 15.4. The predicted molar refractivity (Wildman–Crippen MR) is 82.9 cm³/mol. The molecule has 1 saturated heterocycles. The molecule has 1 aliphatic heterocycles. The number of nitrogens with zero attached hydrogens (tertiary/aromatic N) is 1. The Bertz CT molecular complexity index is 635. The number of piperidine rings is 1. The van der Waals surface area contributed by atoms with Crippen LogP contribution in [0.3, 0.4) is 0 Å². The summed E-state index contributed by atoms with van der Waals surface area (Å²) in [7, 11) is -3.58. The van der Waals surface area contributed by atoms with Gasteiger partial charge in [-0.2, -0.15) is 4.31 Å². The summed E-state index contributed by atoms with van der Waals surface area (Å²) in [5.74, 6) is 0.609. The van der Waals surface area contributed by atoms with E-state index in [-0.39, 0.29) is 9.37 Å². The highest BCUT2D eigenvalue weighted by Crippen LogP contribution is 2.37. The van der Waals surface area contributed by atoms with Gasteiger partial charge in [-0.1, -0.05) is 19.3 Å². The van der Waals surface area contributed by atoms with Crippen molar-refractivity contribution in [1.82, 2.24) is 4.31 Å². The summed E-state index contributed by atoms with van der Waals surface area (Å²) in [6.45, 7) is 1.14. The average molecular weight is 376 g/mol. The van der Waals surface area contributed by atoms with Crippen molar-refractivity contribution in [3.05, 3.63) is 28.5 Å². The summed E-state index contributed by atoms with van der Waals surface area (Å²) in [5.41, 5.74) is 0. The van der Waals surface area contributed by atoms with E-state index in [9.17, 15) is 12.8 Å². The van der Waals surface area contributed by atoms with Gasteiger partial charge in [-0.3, -0.25) is 0 Å². The van der Waals surface area contributed by atoms with E-state index < -0.39 is 15.8 Å². The van der Waals surface area contributed by atoms with E-state index in [0.717, 1.165) is 18.9 Å². The SMILES string of the molecule is O=S(=O)(c1ccc(Br)c(F)c1)N1CCC2CCCCC2C1. The van der Waals surface area contributed by atoms with Gasteiger partial charge in [0.2, 0.25) is 10.0 Å². The maximum absolute atomic E-state index is 13.6. The molecule has 1 aromatic rings. The molecule has 3 rings (SSSR count). The van der Waals surface area contributed by atoms with Gasteiger partial charge in [0.05, 0.1) is 9.37 Å². The fourth-order valence-corrected chi connectivity index (χ4v) is 5.34. The van der Waals surface area contributed by atoms with Gasteiger partial charge < -0.3 is 0 Å². The summed E-state index contributed by atoms with van der Waals surface area (Å²) in [6, 6.07) is 4.03. The minimum absolute atomic E-state index is 0.0532. The standard InChI is InChI=1S/C15H19BrFNO2S/c16-14-6-5-13(9-15(14)17)21(19,20)18-8-7-11-3-1-2-4-12(11)10-18/h5-6,9,11-12H,1-4,7-8,10H2. The lowest BCUT2D eigenvalue weighted by Crippen LogP contribution is -2.44. The molecular weight excluding hydrogens is 357 g/mol. The molecule has 2 atom stereocenters. The van der Waals surface area contributed by atoms with Crippen molar-refractivity contribution in [2.75, 3.05) is 13.1 Å². The number of halogens is 2. The second-order valence-electron chi connectivity index (χ2n) is 6.03. The molecule has 2 fully saturated rings. The van der Waals surface area contributed by atoms with Crippen LogP contribution in [0.1, 0.15) is 32.1 Å². The Morgan fingerprint density at radius 3 is 2.57 bits per heavy atom. The van der Waals surface area contributed by atoms with E-state index in [1.165, 1.54) is 31.4 Å². The van der Waals surface area contributed by atoms with Gasteiger partial charge in [0.25, 0.3) is 0 Å². The highest BCUT2D eigenvalue weighted by molar-refractivity contribution is 9.10. The van der Waals surface area contributed by atoms with E-state index in [1.54, 1.807) is 4.31 Å². The summed E-state index contributed by atoms with van der Waals surface area (Å²) < 4.78 is 40.8. The van der Waals surface area contributed by atoms with Gasteiger partial charge in [-0.15, -0.1) is 0 Å². The van der Waals surface area contributed by atoms with E-state index in [4.69, 9.17) is 0 Å². The van der Waals surface area contributed by atoms with Crippen LogP contribution in [0, 0.1) is 17.7 Å². The highest BCUT2D eigenvalue weighted by atomic mass is 79.9. The minimum atomic E-state index is -3.58. The number of sulfonamides is 1. The maximum Gasteiger partial charge on any atom is 0.243 e. The predicted octanol–water partition coefficient (Wildman–Crippen LogP) is 3.79. The zero-order valence-electron chi connectivity index (χ0n) is 11.8. The van der Waals surface area contributed by atoms with Crippen LogP contribution in [0.15, 0.2) is 27.6 Å². The van der Waals surface area contributed by atoms with Crippen molar-refractivity contribution in [2.45, 2.75) is 37.0 Å². The molecule has 0 radical (unpaired) electrons. The molecule has 0 spiro atoms. The van der Waals surface area contributed by atoms with Crippen LogP contribution >= 0.6 is 15.9 Å². The third-order valence-corrected chi connectivity index (χ3v) is 7.29.